The maximum Gasteiger partial charge on any atom is 0.220 e. The average molecular weight is 444 g/mol. The van der Waals surface area contributed by atoms with E-state index in [2.05, 4.69) is 9.97 Å². The molecule has 166 valence electrons. The van der Waals surface area contributed by atoms with Gasteiger partial charge in [-0.2, -0.15) is 4.39 Å². The van der Waals surface area contributed by atoms with Crippen molar-refractivity contribution in [2.45, 2.75) is 12.0 Å². The van der Waals surface area contributed by atoms with Crippen LogP contribution < -0.4 is 10.5 Å². The maximum absolute atomic E-state index is 14.5. The minimum absolute atomic E-state index is 0.255. The molecule has 0 saturated carbocycles. The van der Waals surface area contributed by atoms with Gasteiger partial charge in [-0.3, -0.25) is 9.98 Å². The number of nitrogens with two attached hydrogens (primary N) is 1. The minimum Gasteiger partial charge on any atom is -0.455 e. The molecule has 3 aliphatic rings. The number of hydrogen-bond donors (Lipinski definition) is 1. The highest BCUT2D eigenvalue weighted by atomic mass is 19.1. The number of halogens is 1. The number of fused-ring (bicyclic) bond motifs is 4. The molecule has 33 heavy (non-hydrogen) atoms. The molecular formula is C25H21FN4O3. The highest BCUT2D eigenvalue weighted by Crippen LogP contribution is 2.51. The van der Waals surface area contributed by atoms with Gasteiger partial charge in [0.05, 0.1) is 31.7 Å². The first-order chi connectivity index (χ1) is 16.1. The van der Waals surface area contributed by atoms with Gasteiger partial charge in [-0.25, -0.2) is 4.98 Å². The van der Waals surface area contributed by atoms with Crippen molar-refractivity contribution < 1.29 is 18.6 Å². The fourth-order valence-electron chi connectivity index (χ4n) is 4.65. The number of ether oxygens (including phenoxy) is 3. The second kappa shape index (κ2) is 7.75. The number of benzene rings is 1. The van der Waals surface area contributed by atoms with Gasteiger partial charge in [-0.1, -0.05) is 12.1 Å². The van der Waals surface area contributed by atoms with E-state index in [0.29, 0.717) is 41.7 Å². The number of nitrogens with zero attached hydrogens (tertiary/aromatic N) is 3. The van der Waals surface area contributed by atoms with Crippen molar-refractivity contribution in [3.8, 4) is 22.6 Å². The number of rotatable bonds is 2. The molecule has 0 radical (unpaired) electrons. The molecule has 7 nitrogen and oxygen atoms in total. The Morgan fingerprint density at radius 2 is 1.94 bits per heavy atom. The SMILES string of the molecule is NC1=NC2(COC1)c1cc(-c3cccnc3F)ccc1Oc1cnc(C3=CCOCC3)cc12. The zero-order valence-corrected chi connectivity index (χ0v) is 17.8. The number of aromatic nitrogens is 2. The third kappa shape index (κ3) is 3.30. The van der Waals surface area contributed by atoms with Crippen LogP contribution in [0.3, 0.4) is 0 Å². The van der Waals surface area contributed by atoms with Crippen molar-refractivity contribution in [2.24, 2.45) is 10.7 Å². The average Bonchev–Trinajstić information content (AvgIpc) is 2.85. The van der Waals surface area contributed by atoms with Crippen LogP contribution in [0.2, 0.25) is 0 Å². The van der Waals surface area contributed by atoms with Gasteiger partial charge < -0.3 is 19.9 Å². The number of aliphatic imine (C=N–C) groups is 1. The van der Waals surface area contributed by atoms with Crippen molar-refractivity contribution in [1.82, 2.24) is 9.97 Å². The largest absolute Gasteiger partial charge is 0.455 e. The second-order valence-corrected chi connectivity index (χ2v) is 8.23. The number of hydrogen-bond acceptors (Lipinski definition) is 7. The van der Waals surface area contributed by atoms with Gasteiger partial charge in [0.2, 0.25) is 5.95 Å². The van der Waals surface area contributed by atoms with Crippen LogP contribution in [0.1, 0.15) is 23.2 Å². The van der Waals surface area contributed by atoms with Crippen LogP contribution in [-0.4, -0.2) is 42.2 Å². The summed E-state index contributed by atoms with van der Waals surface area (Å²) in [6.45, 7) is 1.75. The highest BCUT2D eigenvalue weighted by molar-refractivity contribution is 5.84. The molecule has 1 atom stereocenters. The third-order valence-electron chi connectivity index (χ3n) is 6.22. The van der Waals surface area contributed by atoms with Crippen molar-refractivity contribution in [3.63, 3.8) is 0 Å². The van der Waals surface area contributed by atoms with Crippen LogP contribution in [0.4, 0.5) is 4.39 Å². The summed E-state index contributed by atoms with van der Waals surface area (Å²) in [5, 5.41) is 0. The Hall–Kier alpha value is -3.62. The summed E-state index contributed by atoms with van der Waals surface area (Å²) in [5.41, 5.74) is 9.86. The maximum atomic E-state index is 14.5. The van der Waals surface area contributed by atoms with E-state index in [0.717, 1.165) is 28.8 Å². The van der Waals surface area contributed by atoms with E-state index in [-0.39, 0.29) is 13.2 Å². The Morgan fingerprint density at radius 3 is 2.76 bits per heavy atom. The summed E-state index contributed by atoms with van der Waals surface area (Å²) in [5.74, 6) is 1.06. The molecule has 0 fully saturated rings. The molecule has 0 aliphatic carbocycles. The van der Waals surface area contributed by atoms with Gasteiger partial charge in [-0.05, 0) is 47.9 Å². The van der Waals surface area contributed by atoms with Crippen molar-refractivity contribution in [2.75, 3.05) is 26.4 Å². The molecular weight excluding hydrogens is 423 g/mol. The molecule has 2 aromatic heterocycles. The van der Waals surface area contributed by atoms with Crippen LogP contribution in [0, 0.1) is 5.95 Å². The molecule has 6 rings (SSSR count). The predicted molar refractivity (Wildman–Crippen MR) is 121 cm³/mol. The fourth-order valence-corrected chi connectivity index (χ4v) is 4.65. The lowest BCUT2D eigenvalue weighted by Gasteiger charge is -2.39. The van der Waals surface area contributed by atoms with E-state index >= 15 is 0 Å². The summed E-state index contributed by atoms with van der Waals surface area (Å²) in [6.07, 6.45) is 5.97. The van der Waals surface area contributed by atoms with Gasteiger partial charge in [0.15, 0.2) is 5.75 Å². The quantitative estimate of drug-likeness (QED) is 0.604. The highest BCUT2D eigenvalue weighted by Gasteiger charge is 2.45. The molecule has 0 bridgehead atoms. The minimum atomic E-state index is -0.927. The Morgan fingerprint density at radius 1 is 1.03 bits per heavy atom. The zero-order valence-electron chi connectivity index (χ0n) is 17.8. The first-order valence-corrected chi connectivity index (χ1v) is 10.8. The fraction of sp³-hybridized carbons (Fsp3) is 0.240. The summed E-state index contributed by atoms with van der Waals surface area (Å²) in [7, 11) is 0. The molecule has 1 spiro atoms. The Labute approximate surface area is 189 Å². The zero-order chi connectivity index (χ0) is 22.4. The molecule has 3 aliphatic heterocycles. The van der Waals surface area contributed by atoms with Crippen molar-refractivity contribution in [3.05, 3.63) is 77.6 Å². The second-order valence-electron chi connectivity index (χ2n) is 8.23. The van der Waals surface area contributed by atoms with E-state index in [1.807, 2.05) is 30.3 Å². The van der Waals surface area contributed by atoms with E-state index < -0.39 is 11.5 Å². The monoisotopic (exact) mass is 444 g/mol. The number of amidine groups is 1. The molecule has 1 unspecified atom stereocenters. The van der Waals surface area contributed by atoms with Crippen LogP contribution in [-0.2, 0) is 15.0 Å². The summed E-state index contributed by atoms with van der Waals surface area (Å²) in [6, 6.07) is 10.9. The van der Waals surface area contributed by atoms with Crippen LogP contribution in [0.15, 0.2) is 59.9 Å². The first-order valence-electron chi connectivity index (χ1n) is 10.8. The molecule has 8 heteroatoms. The van der Waals surface area contributed by atoms with E-state index in [1.165, 1.54) is 6.20 Å². The Balaban J connectivity index is 1.56. The topological polar surface area (TPSA) is 91.9 Å². The van der Waals surface area contributed by atoms with Gasteiger partial charge in [0, 0.05) is 22.9 Å². The van der Waals surface area contributed by atoms with Gasteiger partial charge in [0.1, 0.15) is 23.7 Å². The van der Waals surface area contributed by atoms with Gasteiger partial charge in [0.25, 0.3) is 0 Å². The third-order valence-corrected chi connectivity index (χ3v) is 6.22. The molecule has 5 heterocycles. The lowest BCUT2D eigenvalue weighted by molar-refractivity contribution is 0.109. The Bertz CT molecular complexity index is 1320. The number of pyridine rings is 2. The van der Waals surface area contributed by atoms with Crippen molar-refractivity contribution in [1.29, 1.82) is 0 Å². The van der Waals surface area contributed by atoms with Crippen LogP contribution >= 0.6 is 0 Å². The van der Waals surface area contributed by atoms with Crippen LogP contribution in [0.25, 0.3) is 16.7 Å². The van der Waals surface area contributed by atoms with E-state index in [4.69, 9.17) is 24.9 Å². The van der Waals surface area contributed by atoms with Crippen LogP contribution in [0.5, 0.6) is 11.5 Å². The van der Waals surface area contributed by atoms with E-state index in [1.54, 1.807) is 18.3 Å². The summed E-state index contributed by atoms with van der Waals surface area (Å²) >= 11 is 0. The Kier molecular flexibility index (Phi) is 4.70. The van der Waals surface area contributed by atoms with E-state index in [9.17, 15) is 4.39 Å². The summed E-state index contributed by atoms with van der Waals surface area (Å²) < 4.78 is 32.0. The molecule has 0 amide bonds. The lowest BCUT2D eigenvalue weighted by Crippen LogP contribution is -2.42. The van der Waals surface area contributed by atoms with Crippen molar-refractivity contribution >= 4 is 11.4 Å². The smallest absolute Gasteiger partial charge is 0.220 e. The van der Waals surface area contributed by atoms with Gasteiger partial charge in [-0.15, -0.1) is 0 Å². The normalized spacial score (nSPS) is 21.5. The molecule has 2 N–H and O–H groups in total. The first kappa shape index (κ1) is 20.0. The predicted octanol–water partition coefficient (Wildman–Crippen LogP) is 3.82. The lowest BCUT2D eigenvalue weighted by atomic mass is 9.79. The molecule has 0 saturated heterocycles. The molecule has 3 aromatic rings. The molecule has 1 aromatic carbocycles. The van der Waals surface area contributed by atoms with Gasteiger partial charge >= 0.3 is 0 Å². The standard InChI is InChI=1S/C25H21FN4O3/c26-24-17(2-1-7-28-24)16-3-4-21-18(10-16)25(14-32-13-23(27)30-25)19-11-20(29-12-22(19)33-21)15-5-8-31-9-6-15/h1-5,7,10-12H,6,8-9,13-14H2,(H2,27,30). The summed E-state index contributed by atoms with van der Waals surface area (Å²) in [4.78, 5) is 13.3.